The summed E-state index contributed by atoms with van der Waals surface area (Å²) in [5, 5.41) is 22.9. The molecule has 19 heavy (non-hydrogen) atoms. The van der Waals surface area contributed by atoms with Crippen LogP contribution in [-0.2, 0) is 0 Å². The van der Waals surface area contributed by atoms with Crippen molar-refractivity contribution >= 4 is 11.6 Å². The van der Waals surface area contributed by atoms with Gasteiger partial charge in [0, 0.05) is 12.6 Å². The predicted octanol–water partition coefficient (Wildman–Crippen LogP) is 1.49. The van der Waals surface area contributed by atoms with Crippen molar-refractivity contribution in [3.8, 4) is 0 Å². The van der Waals surface area contributed by atoms with Gasteiger partial charge in [-0.05, 0) is 31.2 Å². The second-order valence-electron chi connectivity index (χ2n) is 4.82. The summed E-state index contributed by atoms with van der Waals surface area (Å²) in [6.45, 7) is 0.446. The molecule has 0 aliphatic heterocycles. The standard InChI is InChI=1S/C13H16N2O4/c16-10-6-5-9(7-10)8-14-13(17)11-3-1-2-4-12(11)15(18)19/h1-4,9-10,16H,5-8H2,(H,14,17). The highest BCUT2D eigenvalue weighted by atomic mass is 16.6. The zero-order valence-corrected chi connectivity index (χ0v) is 10.4. The minimum absolute atomic E-state index is 0.0750. The monoisotopic (exact) mass is 264 g/mol. The number of nitrogens with zero attached hydrogens (tertiary/aromatic N) is 1. The van der Waals surface area contributed by atoms with Gasteiger partial charge in [0.05, 0.1) is 11.0 Å². The summed E-state index contributed by atoms with van der Waals surface area (Å²) in [7, 11) is 0. The lowest BCUT2D eigenvalue weighted by atomic mass is 10.1. The number of hydrogen-bond donors (Lipinski definition) is 2. The maximum atomic E-state index is 11.9. The molecule has 1 saturated carbocycles. The molecule has 2 N–H and O–H groups in total. The minimum atomic E-state index is -0.561. The van der Waals surface area contributed by atoms with Gasteiger partial charge in [0.1, 0.15) is 5.56 Å². The van der Waals surface area contributed by atoms with E-state index >= 15 is 0 Å². The van der Waals surface area contributed by atoms with Gasteiger partial charge >= 0.3 is 0 Å². The summed E-state index contributed by atoms with van der Waals surface area (Å²) >= 11 is 0. The van der Waals surface area contributed by atoms with Crippen LogP contribution in [0.1, 0.15) is 29.6 Å². The Morgan fingerprint density at radius 3 is 2.79 bits per heavy atom. The lowest BCUT2D eigenvalue weighted by Gasteiger charge is -2.10. The summed E-state index contributed by atoms with van der Waals surface area (Å²) in [4.78, 5) is 22.2. The largest absolute Gasteiger partial charge is 0.393 e. The Kier molecular flexibility index (Phi) is 4.11. The average molecular weight is 264 g/mol. The molecule has 1 aliphatic rings. The maximum Gasteiger partial charge on any atom is 0.282 e. The smallest absolute Gasteiger partial charge is 0.282 e. The van der Waals surface area contributed by atoms with E-state index in [1.165, 1.54) is 18.2 Å². The highest BCUT2D eigenvalue weighted by molar-refractivity contribution is 5.98. The fourth-order valence-corrected chi connectivity index (χ4v) is 2.39. The second kappa shape index (κ2) is 5.79. The number of rotatable bonds is 4. The van der Waals surface area contributed by atoms with E-state index < -0.39 is 10.8 Å². The van der Waals surface area contributed by atoms with Crippen molar-refractivity contribution in [2.45, 2.75) is 25.4 Å². The lowest BCUT2D eigenvalue weighted by molar-refractivity contribution is -0.385. The van der Waals surface area contributed by atoms with Crippen molar-refractivity contribution in [1.82, 2.24) is 5.32 Å². The Morgan fingerprint density at radius 2 is 2.16 bits per heavy atom. The number of carbonyl (C=O) groups excluding carboxylic acids is 1. The van der Waals surface area contributed by atoms with E-state index in [0.717, 1.165) is 12.8 Å². The molecule has 6 heteroatoms. The van der Waals surface area contributed by atoms with Crippen LogP contribution in [0.3, 0.4) is 0 Å². The van der Waals surface area contributed by atoms with Crippen LogP contribution in [0.15, 0.2) is 24.3 Å². The molecule has 0 radical (unpaired) electrons. The summed E-state index contributed by atoms with van der Waals surface area (Å²) in [5.74, 6) is -0.185. The van der Waals surface area contributed by atoms with E-state index in [4.69, 9.17) is 0 Å². The highest BCUT2D eigenvalue weighted by Gasteiger charge is 2.24. The molecule has 1 aromatic rings. The molecule has 0 heterocycles. The van der Waals surface area contributed by atoms with Crippen molar-refractivity contribution in [2.75, 3.05) is 6.54 Å². The predicted molar refractivity (Wildman–Crippen MR) is 68.8 cm³/mol. The zero-order chi connectivity index (χ0) is 13.8. The van der Waals surface area contributed by atoms with E-state index in [0.29, 0.717) is 13.0 Å². The van der Waals surface area contributed by atoms with Crippen molar-refractivity contribution < 1.29 is 14.8 Å². The van der Waals surface area contributed by atoms with Gasteiger partial charge in [-0.3, -0.25) is 14.9 Å². The lowest BCUT2D eigenvalue weighted by Crippen LogP contribution is -2.29. The van der Waals surface area contributed by atoms with Gasteiger partial charge in [0.2, 0.25) is 0 Å². The zero-order valence-electron chi connectivity index (χ0n) is 10.4. The topological polar surface area (TPSA) is 92.5 Å². The number of hydrogen-bond acceptors (Lipinski definition) is 4. The Labute approximate surface area is 110 Å². The number of nitro groups is 1. The molecule has 0 saturated heterocycles. The number of aliphatic hydroxyl groups excluding tert-OH is 1. The first kappa shape index (κ1) is 13.5. The quantitative estimate of drug-likeness (QED) is 0.636. The number of para-hydroxylation sites is 1. The fraction of sp³-hybridized carbons (Fsp3) is 0.462. The molecule has 2 atom stereocenters. The Morgan fingerprint density at radius 1 is 1.42 bits per heavy atom. The third-order valence-corrected chi connectivity index (χ3v) is 3.41. The van der Waals surface area contributed by atoms with Crippen molar-refractivity contribution in [2.24, 2.45) is 5.92 Å². The maximum absolute atomic E-state index is 11.9. The molecule has 1 fully saturated rings. The number of amides is 1. The minimum Gasteiger partial charge on any atom is -0.393 e. The van der Waals surface area contributed by atoms with E-state index in [1.807, 2.05) is 0 Å². The molecule has 2 unspecified atom stereocenters. The third-order valence-electron chi connectivity index (χ3n) is 3.41. The Balaban J connectivity index is 1.98. The normalized spacial score (nSPS) is 22.2. The van der Waals surface area contributed by atoms with Crippen molar-refractivity contribution in [1.29, 1.82) is 0 Å². The molecule has 0 bridgehead atoms. The highest BCUT2D eigenvalue weighted by Crippen LogP contribution is 2.25. The number of aliphatic hydroxyl groups is 1. The summed E-state index contributed by atoms with van der Waals surface area (Å²) in [5.41, 5.74) is -0.113. The van der Waals surface area contributed by atoms with Gasteiger partial charge in [-0.2, -0.15) is 0 Å². The van der Waals surface area contributed by atoms with Gasteiger partial charge in [-0.25, -0.2) is 0 Å². The van der Waals surface area contributed by atoms with Gasteiger partial charge in [-0.1, -0.05) is 12.1 Å². The number of carbonyl (C=O) groups is 1. The van der Waals surface area contributed by atoms with E-state index in [2.05, 4.69) is 5.32 Å². The van der Waals surface area contributed by atoms with Crippen LogP contribution < -0.4 is 5.32 Å². The van der Waals surface area contributed by atoms with Crippen LogP contribution in [0, 0.1) is 16.0 Å². The van der Waals surface area contributed by atoms with Crippen molar-refractivity contribution in [3.63, 3.8) is 0 Å². The van der Waals surface area contributed by atoms with Crippen LogP contribution in [0.4, 0.5) is 5.69 Å². The first-order valence-corrected chi connectivity index (χ1v) is 6.27. The first-order chi connectivity index (χ1) is 9.08. The second-order valence-corrected chi connectivity index (χ2v) is 4.82. The van der Waals surface area contributed by atoms with Crippen LogP contribution in [0.5, 0.6) is 0 Å². The van der Waals surface area contributed by atoms with Gasteiger partial charge in [0.25, 0.3) is 11.6 Å². The molecular formula is C13H16N2O4. The van der Waals surface area contributed by atoms with E-state index in [-0.39, 0.29) is 23.3 Å². The fourth-order valence-electron chi connectivity index (χ4n) is 2.39. The Bertz CT molecular complexity index is 489. The third kappa shape index (κ3) is 3.29. The van der Waals surface area contributed by atoms with E-state index in [9.17, 15) is 20.0 Å². The number of nitro benzene ring substituents is 1. The van der Waals surface area contributed by atoms with Crippen LogP contribution in [-0.4, -0.2) is 28.6 Å². The average Bonchev–Trinajstić information content (AvgIpc) is 2.81. The molecular weight excluding hydrogens is 248 g/mol. The molecule has 0 aromatic heterocycles. The molecule has 0 spiro atoms. The van der Waals surface area contributed by atoms with Gasteiger partial charge in [0.15, 0.2) is 0 Å². The number of nitrogens with one attached hydrogen (secondary N) is 1. The summed E-state index contributed by atoms with van der Waals surface area (Å²) < 4.78 is 0. The number of benzene rings is 1. The molecule has 1 aliphatic carbocycles. The van der Waals surface area contributed by atoms with Crippen molar-refractivity contribution in [3.05, 3.63) is 39.9 Å². The van der Waals surface area contributed by atoms with Gasteiger partial charge < -0.3 is 10.4 Å². The van der Waals surface area contributed by atoms with E-state index in [1.54, 1.807) is 6.07 Å². The first-order valence-electron chi connectivity index (χ1n) is 6.27. The molecule has 102 valence electrons. The molecule has 1 aromatic carbocycles. The molecule has 2 rings (SSSR count). The molecule has 6 nitrogen and oxygen atoms in total. The van der Waals surface area contributed by atoms with Gasteiger partial charge in [-0.15, -0.1) is 0 Å². The van der Waals surface area contributed by atoms with Crippen LogP contribution in [0.2, 0.25) is 0 Å². The van der Waals surface area contributed by atoms with Crippen LogP contribution in [0.25, 0.3) is 0 Å². The Hall–Kier alpha value is -1.95. The summed E-state index contributed by atoms with van der Waals surface area (Å²) in [6, 6.07) is 5.88. The molecule has 1 amide bonds. The SMILES string of the molecule is O=C(NCC1CCC(O)C1)c1ccccc1[N+](=O)[O-]. The summed E-state index contributed by atoms with van der Waals surface area (Å²) in [6.07, 6.45) is 2.02. The van der Waals surface area contributed by atoms with Crippen LogP contribution >= 0.6 is 0 Å².